The maximum atomic E-state index is 11.7. The van der Waals surface area contributed by atoms with Crippen molar-refractivity contribution in [2.45, 2.75) is 0 Å². The molecule has 5 nitrogen and oxygen atoms in total. The molecule has 0 fully saturated rings. The van der Waals surface area contributed by atoms with E-state index in [2.05, 4.69) is 31.5 Å². The molecule has 16 heavy (non-hydrogen) atoms. The van der Waals surface area contributed by atoms with Gasteiger partial charge in [-0.05, 0) is 28.1 Å². The van der Waals surface area contributed by atoms with Crippen LogP contribution >= 0.6 is 15.9 Å². The molecule has 1 heterocycles. The van der Waals surface area contributed by atoms with Crippen molar-refractivity contribution >= 4 is 27.7 Å². The third-order valence-electron chi connectivity index (χ3n) is 1.90. The van der Waals surface area contributed by atoms with E-state index in [9.17, 15) is 9.59 Å². The van der Waals surface area contributed by atoms with Crippen molar-refractivity contribution < 1.29 is 9.59 Å². The molecule has 80 valence electrons. The Morgan fingerprint density at radius 3 is 2.44 bits per heavy atom. The number of carbonyl (C=O) groups is 2. The van der Waals surface area contributed by atoms with E-state index in [0.29, 0.717) is 5.56 Å². The van der Waals surface area contributed by atoms with Crippen molar-refractivity contribution in [3.63, 3.8) is 0 Å². The standard InChI is InChI=1S/C10H6BrN3O2/c11-7-8(13-14-10(7)16)12-9(15)6-4-2-1-3-5-6/h1-5H,(H,12,15). The van der Waals surface area contributed by atoms with Crippen LogP contribution in [0.15, 0.2) is 50.9 Å². The molecular formula is C10H6BrN3O2. The van der Waals surface area contributed by atoms with Gasteiger partial charge < -0.3 is 5.32 Å². The van der Waals surface area contributed by atoms with Gasteiger partial charge in [0.05, 0.1) is 0 Å². The second-order valence-electron chi connectivity index (χ2n) is 2.99. The number of hydrogen-bond donors (Lipinski definition) is 1. The molecule has 1 aliphatic heterocycles. The minimum Gasteiger partial charge on any atom is -0.304 e. The van der Waals surface area contributed by atoms with Gasteiger partial charge in [0.15, 0.2) is 5.82 Å². The smallest absolute Gasteiger partial charge is 0.304 e. The van der Waals surface area contributed by atoms with Crippen LogP contribution in [0.5, 0.6) is 0 Å². The minimum absolute atomic E-state index is 0.138. The molecule has 0 aromatic heterocycles. The number of hydrogen-bond acceptors (Lipinski definition) is 3. The first kappa shape index (κ1) is 10.7. The molecular weight excluding hydrogens is 274 g/mol. The molecule has 0 aliphatic carbocycles. The van der Waals surface area contributed by atoms with Crippen molar-refractivity contribution in [1.82, 2.24) is 5.32 Å². The van der Waals surface area contributed by atoms with Crippen molar-refractivity contribution in [1.29, 1.82) is 0 Å². The van der Waals surface area contributed by atoms with E-state index in [1.807, 2.05) is 6.07 Å². The zero-order valence-corrected chi connectivity index (χ0v) is 9.56. The van der Waals surface area contributed by atoms with Crippen molar-refractivity contribution in [3.8, 4) is 0 Å². The highest BCUT2D eigenvalue weighted by molar-refractivity contribution is 9.12. The average Bonchev–Trinajstić information content (AvgIpc) is 2.62. The number of rotatable bonds is 2. The van der Waals surface area contributed by atoms with Gasteiger partial charge in [-0.15, -0.1) is 10.2 Å². The number of benzene rings is 1. The number of halogens is 1. The molecule has 1 aromatic carbocycles. The van der Waals surface area contributed by atoms with Gasteiger partial charge in [0.25, 0.3) is 5.91 Å². The molecule has 0 saturated carbocycles. The topological polar surface area (TPSA) is 70.9 Å². The zero-order valence-electron chi connectivity index (χ0n) is 7.98. The van der Waals surface area contributed by atoms with Gasteiger partial charge in [-0.1, -0.05) is 18.2 Å². The van der Waals surface area contributed by atoms with Gasteiger partial charge in [-0.25, -0.2) is 0 Å². The fourth-order valence-electron chi connectivity index (χ4n) is 1.13. The van der Waals surface area contributed by atoms with E-state index < -0.39 is 5.91 Å². The highest BCUT2D eigenvalue weighted by Crippen LogP contribution is 2.20. The summed E-state index contributed by atoms with van der Waals surface area (Å²) in [5.41, 5.74) is 0.491. The first-order chi connectivity index (χ1) is 7.68. The highest BCUT2D eigenvalue weighted by Gasteiger charge is 2.20. The van der Waals surface area contributed by atoms with Crippen LogP contribution in [0.25, 0.3) is 0 Å². The summed E-state index contributed by atoms with van der Waals surface area (Å²) in [6.07, 6.45) is 0. The van der Waals surface area contributed by atoms with Crippen LogP contribution in [0.1, 0.15) is 10.4 Å². The maximum Gasteiger partial charge on any atom is 0.306 e. The summed E-state index contributed by atoms with van der Waals surface area (Å²) in [6, 6.07) is 8.64. The number of azo groups is 1. The Morgan fingerprint density at radius 1 is 1.19 bits per heavy atom. The molecule has 1 aliphatic rings. The SMILES string of the molecule is O=C1N=NC(NC(=O)c2ccccc2)=C1Br. The van der Waals surface area contributed by atoms with E-state index in [1.165, 1.54) is 0 Å². The Kier molecular flexibility index (Phi) is 2.91. The van der Waals surface area contributed by atoms with Crippen molar-refractivity contribution in [3.05, 3.63) is 46.2 Å². The van der Waals surface area contributed by atoms with Crippen LogP contribution in [-0.4, -0.2) is 11.8 Å². The fourth-order valence-corrected chi connectivity index (χ4v) is 1.39. The van der Waals surface area contributed by atoms with Gasteiger partial charge in [0.1, 0.15) is 4.48 Å². The monoisotopic (exact) mass is 279 g/mol. The molecule has 1 N–H and O–H groups in total. The summed E-state index contributed by atoms with van der Waals surface area (Å²) in [5, 5.41) is 9.32. The predicted molar refractivity (Wildman–Crippen MR) is 59.7 cm³/mol. The van der Waals surface area contributed by atoms with Crippen LogP contribution < -0.4 is 5.32 Å². The zero-order chi connectivity index (χ0) is 11.5. The quantitative estimate of drug-likeness (QED) is 0.899. The molecule has 0 unspecified atom stereocenters. The lowest BCUT2D eigenvalue weighted by molar-refractivity contribution is -0.113. The number of nitrogens with zero attached hydrogens (tertiary/aromatic N) is 2. The van der Waals surface area contributed by atoms with Crippen LogP contribution in [-0.2, 0) is 4.79 Å². The van der Waals surface area contributed by atoms with Crippen LogP contribution in [0, 0.1) is 0 Å². The summed E-state index contributed by atoms with van der Waals surface area (Å²) >= 11 is 3.00. The lowest BCUT2D eigenvalue weighted by Crippen LogP contribution is -2.21. The molecule has 2 amide bonds. The second kappa shape index (κ2) is 4.36. The predicted octanol–water partition coefficient (Wildman–Crippen LogP) is 1.97. The lowest BCUT2D eigenvalue weighted by Gasteiger charge is -2.02. The summed E-state index contributed by atoms with van der Waals surface area (Å²) < 4.78 is 0.164. The number of carbonyl (C=O) groups excluding carboxylic acids is 2. The third-order valence-corrected chi connectivity index (χ3v) is 2.62. The van der Waals surface area contributed by atoms with Gasteiger partial charge in [0.2, 0.25) is 0 Å². The Balaban J connectivity index is 2.16. The Bertz CT molecular complexity index is 508. The highest BCUT2D eigenvalue weighted by atomic mass is 79.9. The van der Waals surface area contributed by atoms with Crippen LogP contribution in [0.4, 0.5) is 0 Å². The number of nitrogens with one attached hydrogen (secondary N) is 1. The summed E-state index contributed by atoms with van der Waals surface area (Å²) in [4.78, 5) is 22.7. The summed E-state index contributed by atoms with van der Waals surface area (Å²) in [5.74, 6) is -0.691. The second-order valence-corrected chi connectivity index (χ2v) is 3.78. The van der Waals surface area contributed by atoms with Gasteiger partial charge in [-0.2, -0.15) is 0 Å². The molecule has 0 atom stereocenters. The van der Waals surface area contributed by atoms with Gasteiger partial charge in [-0.3, -0.25) is 9.59 Å². The van der Waals surface area contributed by atoms with E-state index >= 15 is 0 Å². The molecule has 1 aromatic rings. The molecule has 0 radical (unpaired) electrons. The minimum atomic E-state index is -0.497. The molecule has 0 saturated heterocycles. The van der Waals surface area contributed by atoms with Gasteiger partial charge >= 0.3 is 5.91 Å². The van der Waals surface area contributed by atoms with Crippen LogP contribution in [0.2, 0.25) is 0 Å². The maximum absolute atomic E-state index is 11.7. The summed E-state index contributed by atoms with van der Waals surface area (Å²) in [7, 11) is 0. The number of amides is 2. The first-order valence-corrected chi connectivity index (χ1v) is 5.20. The molecule has 0 spiro atoms. The van der Waals surface area contributed by atoms with E-state index in [-0.39, 0.29) is 16.2 Å². The first-order valence-electron chi connectivity index (χ1n) is 4.41. The largest absolute Gasteiger partial charge is 0.306 e. The molecule has 6 heteroatoms. The van der Waals surface area contributed by atoms with Crippen LogP contribution in [0.3, 0.4) is 0 Å². The van der Waals surface area contributed by atoms with E-state index in [0.717, 1.165) is 0 Å². The van der Waals surface area contributed by atoms with E-state index in [4.69, 9.17) is 0 Å². The van der Waals surface area contributed by atoms with Gasteiger partial charge in [0, 0.05) is 5.56 Å². The van der Waals surface area contributed by atoms with Crippen molar-refractivity contribution in [2.24, 2.45) is 10.2 Å². The molecule has 0 bridgehead atoms. The fraction of sp³-hybridized carbons (Fsp3) is 0. The Morgan fingerprint density at radius 2 is 1.88 bits per heavy atom. The Labute approximate surface area is 99.4 Å². The summed E-state index contributed by atoms with van der Waals surface area (Å²) in [6.45, 7) is 0. The lowest BCUT2D eigenvalue weighted by atomic mass is 10.2. The Hall–Kier alpha value is -1.82. The van der Waals surface area contributed by atoms with E-state index in [1.54, 1.807) is 24.3 Å². The normalized spacial score (nSPS) is 14.4. The third kappa shape index (κ3) is 2.06. The molecule has 2 rings (SSSR count). The average molecular weight is 280 g/mol. The van der Waals surface area contributed by atoms with Crippen molar-refractivity contribution in [2.75, 3.05) is 0 Å².